The van der Waals surface area contributed by atoms with Crippen LogP contribution in [0.25, 0.3) is 0 Å². The number of hydrogen-bond acceptors (Lipinski definition) is 4. The van der Waals surface area contributed by atoms with E-state index in [1.165, 1.54) is 24.8 Å². The van der Waals surface area contributed by atoms with E-state index >= 15 is 0 Å². The predicted molar refractivity (Wildman–Crippen MR) is 121 cm³/mol. The van der Waals surface area contributed by atoms with E-state index in [9.17, 15) is 4.79 Å². The second-order valence-corrected chi connectivity index (χ2v) is 8.58. The third kappa shape index (κ3) is 6.08. The molecular formula is C22H35Cl2N3O2. The molecule has 1 heterocycles. The number of nitrogens with one attached hydrogen (secondary N) is 1. The van der Waals surface area contributed by atoms with E-state index in [0.717, 1.165) is 45.7 Å². The Morgan fingerprint density at radius 1 is 1.10 bits per heavy atom. The summed E-state index contributed by atoms with van der Waals surface area (Å²) >= 11 is 0. The van der Waals surface area contributed by atoms with Crippen LogP contribution < -0.4 is 11.1 Å². The first-order chi connectivity index (χ1) is 13.2. The summed E-state index contributed by atoms with van der Waals surface area (Å²) in [5, 5.41) is 3.39. The molecule has 7 heteroatoms. The average molecular weight is 444 g/mol. The Morgan fingerprint density at radius 3 is 2.34 bits per heavy atom. The number of nitrogens with zero attached hydrogens (tertiary/aromatic N) is 1. The minimum absolute atomic E-state index is 0. The van der Waals surface area contributed by atoms with E-state index in [1.807, 2.05) is 6.07 Å². The molecule has 1 aliphatic heterocycles. The Bertz CT molecular complexity index is 614. The van der Waals surface area contributed by atoms with Gasteiger partial charge >= 0.3 is 0 Å². The molecule has 1 aromatic carbocycles. The summed E-state index contributed by atoms with van der Waals surface area (Å²) in [6.45, 7) is 4.26. The van der Waals surface area contributed by atoms with Gasteiger partial charge in [0.25, 0.3) is 0 Å². The Morgan fingerprint density at radius 2 is 1.72 bits per heavy atom. The van der Waals surface area contributed by atoms with Gasteiger partial charge in [-0.05, 0) is 43.1 Å². The topological polar surface area (TPSA) is 67.6 Å². The number of carbonyl (C=O) groups excluding carboxylic acids is 1. The minimum atomic E-state index is 0. The number of rotatable bonds is 5. The van der Waals surface area contributed by atoms with E-state index in [1.54, 1.807) is 0 Å². The van der Waals surface area contributed by atoms with Crippen LogP contribution in [-0.2, 0) is 9.53 Å². The van der Waals surface area contributed by atoms with Gasteiger partial charge in [0.2, 0.25) is 5.91 Å². The van der Waals surface area contributed by atoms with Gasteiger partial charge in [-0.1, -0.05) is 36.8 Å². The third-order valence-corrected chi connectivity index (χ3v) is 6.85. The van der Waals surface area contributed by atoms with Crippen molar-refractivity contribution < 1.29 is 9.53 Å². The molecule has 0 aromatic heterocycles. The summed E-state index contributed by atoms with van der Waals surface area (Å²) in [6, 6.07) is 10.7. The maximum Gasteiger partial charge on any atom is 0.223 e. The van der Waals surface area contributed by atoms with Crippen molar-refractivity contribution in [2.75, 3.05) is 32.8 Å². The van der Waals surface area contributed by atoms with Crippen molar-refractivity contribution in [3.63, 3.8) is 0 Å². The van der Waals surface area contributed by atoms with Gasteiger partial charge in [0.05, 0.1) is 19.3 Å². The fraction of sp³-hybridized carbons (Fsp3) is 0.682. The first-order valence-corrected chi connectivity index (χ1v) is 10.6. The van der Waals surface area contributed by atoms with E-state index in [2.05, 4.69) is 34.5 Å². The second kappa shape index (κ2) is 11.5. The van der Waals surface area contributed by atoms with Gasteiger partial charge in [-0.15, -0.1) is 24.8 Å². The third-order valence-electron chi connectivity index (χ3n) is 6.85. The van der Waals surface area contributed by atoms with Crippen LogP contribution in [0.2, 0.25) is 0 Å². The zero-order valence-corrected chi connectivity index (χ0v) is 18.6. The lowest BCUT2D eigenvalue weighted by molar-refractivity contribution is -0.129. The standard InChI is InChI=1S/C22H33N3O2.2ClH/c23-21-17-7-4-8-18(21)14-19(13-17)22(26)24-20(16-5-2-1-3-6-16)15-25-9-11-27-12-10-25;;/h1-3,5-6,17-21H,4,7-15,23H2,(H,24,26);2*1H. The zero-order valence-electron chi connectivity index (χ0n) is 17.0. The quantitative estimate of drug-likeness (QED) is 0.732. The number of nitrogens with two attached hydrogens (primary N) is 1. The van der Waals surface area contributed by atoms with Crippen LogP contribution in [0.4, 0.5) is 0 Å². The fourth-order valence-electron chi connectivity index (χ4n) is 5.25. The molecule has 2 bridgehead atoms. The van der Waals surface area contributed by atoms with E-state index in [0.29, 0.717) is 17.9 Å². The number of morpholine rings is 1. The Labute approximate surface area is 186 Å². The maximum absolute atomic E-state index is 13.2. The lowest BCUT2D eigenvalue weighted by Gasteiger charge is -2.44. The van der Waals surface area contributed by atoms with Gasteiger partial charge in [-0.3, -0.25) is 9.69 Å². The normalized spacial score (nSPS) is 30.4. The molecule has 29 heavy (non-hydrogen) atoms. The summed E-state index contributed by atoms with van der Waals surface area (Å²) in [6.07, 6.45) is 5.58. The number of benzene rings is 1. The Hall–Kier alpha value is -0.850. The maximum atomic E-state index is 13.2. The molecule has 3 N–H and O–H groups in total. The number of hydrogen-bond donors (Lipinski definition) is 2. The smallest absolute Gasteiger partial charge is 0.223 e. The van der Waals surface area contributed by atoms with Crippen LogP contribution in [-0.4, -0.2) is 49.7 Å². The highest BCUT2D eigenvalue weighted by atomic mass is 35.5. The van der Waals surface area contributed by atoms with Crippen LogP contribution in [0.1, 0.15) is 43.7 Å². The van der Waals surface area contributed by atoms with E-state index in [4.69, 9.17) is 10.5 Å². The summed E-state index contributed by atoms with van der Waals surface area (Å²) in [5.74, 6) is 1.40. The molecule has 5 nitrogen and oxygen atoms in total. The molecule has 3 fully saturated rings. The molecule has 2 aliphatic carbocycles. The second-order valence-electron chi connectivity index (χ2n) is 8.58. The van der Waals surface area contributed by atoms with Crippen molar-refractivity contribution in [1.29, 1.82) is 0 Å². The molecule has 0 radical (unpaired) electrons. The van der Waals surface area contributed by atoms with Gasteiger partial charge < -0.3 is 15.8 Å². The Balaban J connectivity index is 0.00000150. The Kier molecular flexibility index (Phi) is 9.70. The molecule has 1 amide bonds. The highest BCUT2D eigenvalue weighted by molar-refractivity contribution is 5.85. The molecule has 1 saturated heterocycles. The van der Waals surface area contributed by atoms with Crippen molar-refractivity contribution in [3.05, 3.63) is 35.9 Å². The molecule has 164 valence electrons. The van der Waals surface area contributed by atoms with Crippen LogP contribution in [0.3, 0.4) is 0 Å². The van der Waals surface area contributed by atoms with E-state index < -0.39 is 0 Å². The summed E-state index contributed by atoms with van der Waals surface area (Å²) in [4.78, 5) is 15.6. The summed E-state index contributed by atoms with van der Waals surface area (Å²) in [5.41, 5.74) is 7.60. The van der Waals surface area contributed by atoms with Crippen molar-refractivity contribution in [2.45, 2.75) is 44.2 Å². The lowest BCUT2D eigenvalue weighted by atomic mass is 9.65. The number of fused-ring (bicyclic) bond motifs is 2. The first-order valence-electron chi connectivity index (χ1n) is 10.6. The average Bonchev–Trinajstić information content (AvgIpc) is 2.68. The van der Waals surface area contributed by atoms with Gasteiger partial charge in [-0.2, -0.15) is 0 Å². The van der Waals surface area contributed by atoms with E-state index in [-0.39, 0.29) is 42.7 Å². The van der Waals surface area contributed by atoms with Gasteiger partial charge in [0, 0.05) is 31.6 Å². The van der Waals surface area contributed by atoms with Crippen molar-refractivity contribution in [2.24, 2.45) is 23.5 Å². The number of carbonyl (C=O) groups is 1. The molecule has 2 saturated carbocycles. The van der Waals surface area contributed by atoms with Crippen LogP contribution in [0.5, 0.6) is 0 Å². The minimum Gasteiger partial charge on any atom is -0.379 e. The highest BCUT2D eigenvalue weighted by Gasteiger charge is 2.40. The van der Waals surface area contributed by atoms with Crippen LogP contribution in [0, 0.1) is 17.8 Å². The van der Waals surface area contributed by atoms with Crippen molar-refractivity contribution in [3.8, 4) is 0 Å². The molecule has 3 atom stereocenters. The molecule has 3 aliphatic rings. The van der Waals surface area contributed by atoms with Crippen molar-refractivity contribution >= 4 is 30.7 Å². The highest BCUT2D eigenvalue weighted by Crippen LogP contribution is 2.42. The number of ether oxygens (including phenoxy) is 1. The molecule has 0 spiro atoms. The molecular weight excluding hydrogens is 409 g/mol. The van der Waals surface area contributed by atoms with Crippen LogP contribution >= 0.6 is 24.8 Å². The lowest BCUT2D eigenvalue weighted by Crippen LogP contribution is -2.50. The largest absolute Gasteiger partial charge is 0.379 e. The summed E-state index contributed by atoms with van der Waals surface area (Å²) in [7, 11) is 0. The van der Waals surface area contributed by atoms with Crippen LogP contribution in [0.15, 0.2) is 30.3 Å². The van der Waals surface area contributed by atoms with Gasteiger partial charge in [-0.25, -0.2) is 0 Å². The molecule has 3 unspecified atom stereocenters. The fourth-order valence-corrected chi connectivity index (χ4v) is 5.25. The zero-order chi connectivity index (χ0) is 18.6. The monoisotopic (exact) mass is 443 g/mol. The summed E-state index contributed by atoms with van der Waals surface area (Å²) < 4.78 is 5.47. The molecule has 1 aromatic rings. The molecule has 4 rings (SSSR count). The number of halogens is 2. The van der Waals surface area contributed by atoms with Gasteiger partial charge in [0.15, 0.2) is 0 Å². The first kappa shape index (κ1) is 24.4. The SMILES string of the molecule is Cl.Cl.NC1C2CCCC1CC(C(=O)NC(CN1CCOCC1)c1ccccc1)C2. The van der Waals surface area contributed by atoms with Gasteiger partial charge in [0.1, 0.15) is 0 Å². The predicted octanol–water partition coefficient (Wildman–Crippen LogP) is 3.17. The number of amides is 1. The van der Waals surface area contributed by atoms with Crippen molar-refractivity contribution in [1.82, 2.24) is 10.2 Å².